The molecule has 4 saturated carbocycles. The molecule has 2 aromatic carbocycles. The van der Waals surface area contributed by atoms with E-state index in [0.717, 1.165) is 34.5 Å². The summed E-state index contributed by atoms with van der Waals surface area (Å²) in [7, 11) is 0. The van der Waals surface area contributed by atoms with Gasteiger partial charge in [-0.3, -0.25) is 14.5 Å². The van der Waals surface area contributed by atoms with Crippen molar-refractivity contribution in [2.24, 2.45) is 23.7 Å². The summed E-state index contributed by atoms with van der Waals surface area (Å²) in [5.74, 6) is 2.98. The van der Waals surface area contributed by atoms with Crippen molar-refractivity contribution in [3.63, 3.8) is 0 Å². The maximum atomic E-state index is 13.2. The number of hydrogen-bond donors (Lipinski definition) is 2. The first-order valence-corrected chi connectivity index (χ1v) is 13.8. The molecule has 1 heterocycles. The molecular weight excluding hydrogens is 488 g/mol. The molecule has 4 fully saturated rings. The Balaban J connectivity index is 1.24. The molecule has 0 aliphatic heterocycles. The molecule has 0 spiro atoms. The van der Waals surface area contributed by atoms with Gasteiger partial charge in [0.25, 0.3) is 5.91 Å². The molecule has 4 aliphatic carbocycles. The van der Waals surface area contributed by atoms with Crippen LogP contribution in [0.15, 0.2) is 48.0 Å². The van der Waals surface area contributed by atoms with Gasteiger partial charge in [0, 0.05) is 12.5 Å². The van der Waals surface area contributed by atoms with Crippen LogP contribution >= 0.6 is 11.3 Å². The van der Waals surface area contributed by atoms with Crippen LogP contribution in [0.1, 0.15) is 54.4 Å². The van der Waals surface area contributed by atoms with Crippen LogP contribution in [0.5, 0.6) is 11.5 Å². The highest BCUT2D eigenvalue weighted by Gasteiger charge is 2.46. The van der Waals surface area contributed by atoms with Crippen LogP contribution < -0.4 is 0 Å². The third kappa shape index (κ3) is 4.59. The molecule has 0 unspecified atom stereocenters. The second-order valence-electron chi connectivity index (χ2n) is 10.6. The van der Waals surface area contributed by atoms with Crippen molar-refractivity contribution in [1.29, 1.82) is 0 Å². The summed E-state index contributed by atoms with van der Waals surface area (Å²) in [6.45, 7) is 1.64. The number of phenols is 2. The minimum absolute atomic E-state index is 0.102. The third-order valence-corrected chi connectivity index (χ3v) is 9.16. The number of carbonyl (C=O) groups is 2. The van der Waals surface area contributed by atoms with Gasteiger partial charge in [0.2, 0.25) is 5.91 Å². The molecule has 4 aliphatic rings. The molecule has 0 radical (unpaired) electrons. The van der Waals surface area contributed by atoms with E-state index >= 15 is 0 Å². The van der Waals surface area contributed by atoms with Crippen LogP contribution in [0.4, 0.5) is 0 Å². The second-order valence-corrected chi connectivity index (χ2v) is 11.7. The predicted molar refractivity (Wildman–Crippen MR) is 141 cm³/mol. The summed E-state index contributed by atoms with van der Waals surface area (Å²) < 4.78 is 7.12. The number of phenolic OH excluding ortho intramolecular Hbond substituents is 2. The highest BCUT2D eigenvalue weighted by Crippen LogP contribution is 2.58. The van der Waals surface area contributed by atoms with Gasteiger partial charge in [-0.15, -0.1) is 11.3 Å². The maximum absolute atomic E-state index is 13.2. The standard InChI is InChI=1S/C29H30N2O5S/c1-16(32)31(29(35)28-30-24-7-6-23(34)15-25(24)37-28)8-9-36-27(19-2-4-22(33)5-3-19)26-20-11-17-10-18(13-20)14-21(26)12-17/h2-7,15,17-18,20-21,33-34H,8-14H2,1H3. The zero-order valence-corrected chi connectivity index (χ0v) is 21.5. The number of thiazole rings is 1. The van der Waals surface area contributed by atoms with E-state index in [2.05, 4.69) is 4.98 Å². The van der Waals surface area contributed by atoms with E-state index in [9.17, 15) is 19.8 Å². The van der Waals surface area contributed by atoms with Crippen molar-refractivity contribution in [3.05, 3.63) is 58.6 Å². The van der Waals surface area contributed by atoms with Gasteiger partial charge in [-0.1, -0.05) is 0 Å². The Morgan fingerprint density at radius 2 is 1.62 bits per heavy atom. The molecule has 4 bridgehead atoms. The number of aromatic nitrogens is 1. The molecule has 37 heavy (non-hydrogen) atoms. The summed E-state index contributed by atoms with van der Waals surface area (Å²) in [6, 6.07) is 11.8. The first-order valence-electron chi connectivity index (χ1n) is 12.9. The lowest BCUT2D eigenvalue weighted by atomic mass is 9.54. The van der Waals surface area contributed by atoms with E-state index in [-0.39, 0.29) is 35.6 Å². The Hall–Kier alpha value is -3.39. The number of fused-ring (bicyclic) bond motifs is 1. The molecule has 0 atom stereocenters. The van der Waals surface area contributed by atoms with Gasteiger partial charge >= 0.3 is 0 Å². The van der Waals surface area contributed by atoms with Crippen molar-refractivity contribution in [2.45, 2.75) is 39.0 Å². The van der Waals surface area contributed by atoms with Crippen molar-refractivity contribution in [1.82, 2.24) is 9.88 Å². The molecule has 2 amide bonds. The topological polar surface area (TPSA) is 100.0 Å². The van der Waals surface area contributed by atoms with Gasteiger partial charge in [0.1, 0.15) is 23.9 Å². The van der Waals surface area contributed by atoms with Gasteiger partial charge in [-0.25, -0.2) is 4.98 Å². The second kappa shape index (κ2) is 9.49. The molecule has 2 N–H and O–H groups in total. The molecule has 0 saturated heterocycles. The smallest absolute Gasteiger partial charge is 0.289 e. The fourth-order valence-electron chi connectivity index (χ4n) is 6.77. The van der Waals surface area contributed by atoms with Gasteiger partial charge in [0.05, 0.1) is 16.8 Å². The predicted octanol–water partition coefficient (Wildman–Crippen LogP) is 5.58. The van der Waals surface area contributed by atoms with Gasteiger partial charge in [-0.2, -0.15) is 0 Å². The SMILES string of the molecule is CC(=O)N(CCOC(=C1C2CC3CC(C2)CC1C3)c1ccc(O)cc1)C(=O)c1nc2ccc(O)cc2s1. The molecule has 1 aromatic heterocycles. The first kappa shape index (κ1) is 24.0. The van der Waals surface area contributed by atoms with Crippen LogP contribution in [0.2, 0.25) is 0 Å². The van der Waals surface area contributed by atoms with E-state index in [4.69, 9.17) is 4.74 Å². The fraction of sp³-hybridized carbons (Fsp3) is 0.414. The highest BCUT2D eigenvalue weighted by atomic mass is 32.1. The van der Waals surface area contributed by atoms with E-state index in [1.807, 2.05) is 12.1 Å². The molecular formula is C29H30N2O5S. The largest absolute Gasteiger partial charge is 0.508 e. The number of imide groups is 1. The average molecular weight is 519 g/mol. The monoisotopic (exact) mass is 518 g/mol. The number of carbonyl (C=O) groups excluding carboxylic acids is 2. The third-order valence-electron chi connectivity index (χ3n) is 8.15. The molecule has 7 rings (SSSR count). The Morgan fingerprint density at radius 1 is 0.973 bits per heavy atom. The first-order chi connectivity index (χ1) is 17.9. The van der Waals surface area contributed by atoms with Crippen LogP contribution in [0.3, 0.4) is 0 Å². The quantitative estimate of drug-likeness (QED) is 0.413. The normalized spacial score (nSPS) is 23.9. The zero-order chi connectivity index (χ0) is 25.7. The van der Waals surface area contributed by atoms with Crippen molar-refractivity contribution in [3.8, 4) is 11.5 Å². The Kier molecular flexibility index (Phi) is 6.15. The van der Waals surface area contributed by atoms with Crippen LogP contribution in [-0.4, -0.2) is 45.1 Å². The van der Waals surface area contributed by atoms with Gasteiger partial charge in [0.15, 0.2) is 5.01 Å². The minimum atomic E-state index is -0.467. The lowest BCUT2D eigenvalue weighted by Gasteiger charge is -2.51. The van der Waals surface area contributed by atoms with E-state index < -0.39 is 5.91 Å². The Bertz CT molecular complexity index is 1360. The summed E-state index contributed by atoms with van der Waals surface area (Å²) in [5.41, 5.74) is 2.91. The summed E-state index contributed by atoms with van der Waals surface area (Å²) >= 11 is 1.15. The lowest BCUT2D eigenvalue weighted by Crippen LogP contribution is -2.41. The van der Waals surface area contributed by atoms with Crippen molar-refractivity contribution in [2.75, 3.05) is 13.2 Å². The van der Waals surface area contributed by atoms with Gasteiger partial charge < -0.3 is 14.9 Å². The number of amides is 2. The fourth-order valence-corrected chi connectivity index (χ4v) is 7.72. The van der Waals surface area contributed by atoms with E-state index in [1.54, 1.807) is 24.3 Å². The number of benzene rings is 2. The zero-order valence-electron chi connectivity index (χ0n) is 20.7. The van der Waals surface area contributed by atoms with E-state index in [1.165, 1.54) is 55.6 Å². The van der Waals surface area contributed by atoms with Crippen LogP contribution in [0.25, 0.3) is 16.0 Å². The lowest BCUT2D eigenvalue weighted by molar-refractivity contribution is -0.126. The molecule has 3 aromatic rings. The summed E-state index contributed by atoms with van der Waals surface area (Å²) in [5, 5.41) is 19.8. The Morgan fingerprint density at radius 3 is 2.27 bits per heavy atom. The number of aromatic hydroxyl groups is 2. The number of rotatable bonds is 6. The molecule has 192 valence electrons. The number of hydrogen-bond acceptors (Lipinski definition) is 7. The van der Waals surface area contributed by atoms with E-state index in [0.29, 0.717) is 22.1 Å². The van der Waals surface area contributed by atoms with Gasteiger partial charge in [-0.05, 0) is 104 Å². The van der Waals surface area contributed by atoms with Crippen molar-refractivity contribution < 1.29 is 24.5 Å². The molecule has 7 nitrogen and oxygen atoms in total. The summed E-state index contributed by atoms with van der Waals surface area (Å²) in [4.78, 5) is 31.2. The number of nitrogens with zero attached hydrogens (tertiary/aromatic N) is 2. The molecule has 8 heteroatoms. The van der Waals surface area contributed by atoms with Crippen LogP contribution in [-0.2, 0) is 9.53 Å². The highest BCUT2D eigenvalue weighted by molar-refractivity contribution is 7.20. The van der Waals surface area contributed by atoms with Crippen LogP contribution in [0, 0.1) is 23.7 Å². The Labute approximate surface area is 219 Å². The minimum Gasteiger partial charge on any atom is -0.508 e. The average Bonchev–Trinajstić information content (AvgIpc) is 3.28. The number of ether oxygens (including phenoxy) is 1. The summed E-state index contributed by atoms with van der Waals surface area (Å²) in [6.07, 6.45) is 6.19. The number of allylic oxidation sites excluding steroid dienone is 1. The maximum Gasteiger partial charge on any atom is 0.289 e. The van der Waals surface area contributed by atoms with Crippen molar-refractivity contribution >= 4 is 39.1 Å².